The van der Waals surface area contributed by atoms with Crippen LogP contribution in [0.5, 0.6) is 0 Å². The maximum Gasteiger partial charge on any atom is 0.101 e. The van der Waals surface area contributed by atoms with E-state index in [1.165, 1.54) is 4.88 Å². The summed E-state index contributed by atoms with van der Waals surface area (Å²) in [5.74, 6) is 0.422. The maximum absolute atomic E-state index is 10.5. The van der Waals surface area contributed by atoms with Gasteiger partial charge in [-0.25, -0.2) is 0 Å². The van der Waals surface area contributed by atoms with E-state index in [0.717, 1.165) is 24.1 Å². The second kappa shape index (κ2) is 3.10. The van der Waals surface area contributed by atoms with Gasteiger partial charge in [-0.1, -0.05) is 6.92 Å². The van der Waals surface area contributed by atoms with Crippen LogP contribution in [0, 0.1) is 12.8 Å². The van der Waals surface area contributed by atoms with E-state index in [4.69, 9.17) is 0 Å². The van der Waals surface area contributed by atoms with Gasteiger partial charge in [0.1, 0.15) is 5.60 Å². The van der Waals surface area contributed by atoms with Gasteiger partial charge in [-0.05, 0) is 44.2 Å². The van der Waals surface area contributed by atoms with Crippen molar-refractivity contribution in [2.75, 3.05) is 0 Å². The van der Waals surface area contributed by atoms with Crippen molar-refractivity contribution in [3.63, 3.8) is 0 Å². The quantitative estimate of drug-likeness (QED) is 0.732. The molecule has 2 rings (SSSR count). The van der Waals surface area contributed by atoms with Crippen LogP contribution in [-0.4, -0.2) is 5.11 Å². The molecule has 0 saturated heterocycles. The molecule has 0 spiro atoms. The Morgan fingerprint density at radius 2 is 2.31 bits per heavy atom. The van der Waals surface area contributed by atoms with Gasteiger partial charge in [-0.2, -0.15) is 0 Å². The Bertz CT molecular complexity index is 305. The average Bonchev–Trinajstić information content (AvgIpc) is 2.62. The Morgan fingerprint density at radius 3 is 2.77 bits per heavy atom. The lowest BCUT2D eigenvalue weighted by molar-refractivity contribution is 0.00810. The normalized spacial score (nSPS) is 33.9. The first-order valence-electron chi connectivity index (χ1n) is 4.92. The number of hydrogen-bond donors (Lipinski definition) is 1. The molecule has 1 aliphatic rings. The van der Waals surface area contributed by atoms with Gasteiger partial charge < -0.3 is 5.11 Å². The van der Waals surface area contributed by atoms with Gasteiger partial charge in [0.05, 0.1) is 0 Å². The van der Waals surface area contributed by atoms with Crippen LogP contribution in [-0.2, 0) is 5.60 Å². The molecule has 13 heavy (non-hydrogen) atoms. The van der Waals surface area contributed by atoms with Gasteiger partial charge >= 0.3 is 0 Å². The molecule has 72 valence electrons. The summed E-state index contributed by atoms with van der Waals surface area (Å²) in [6.45, 7) is 4.25. The van der Waals surface area contributed by atoms with E-state index in [2.05, 4.69) is 26.0 Å². The van der Waals surface area contributed by atoms with E-state index >= 15 is 0 Å². The third kappa shape index (κ3) is 1.42. The first kappa shape index (κ1) is 9.22. The molecule has 1 fully saturated rings. The Kier molecular flexibility index (Phi) is 2.20. The molecular weight excluding hydrogens is 180 g/mol. The van der Waals surface area contributed by atoms with Crippen LogP contribution in [0.2, 0.25) is 0 Å². The van der Waals surface area contributed by atoms with Crippen molar-refractivity contribution in [1.82, 2.24) is 0 Å². The van der Waals surface area contributed by atoms with Crippen LogP contribution in [0.1, 0.15) is 35.9 Å². The maximum atomic E-state index is 10.5. The van der Waals surface area contributed by atoms with Gasteiger partial charge in [0.25, 0.3) is 0 Å². The van der Waals surface area contributed by atoms with Crippen molar-refractivity contribution < 1.29 is 5.11 Å². The average molecular weight is 196 g/mol. The van der Waals surface area contributed by atoms with Crippen molar-refractivity contribution in [3.05, 3.63) is 21.9 Å². The standard InChI is InChI=1S/C11H16OS/c1-8-4-3-7-11(8,12)10-6-5-9(2)13-10/h5-6,8,12H,3-4,7H2,1-2H3. The Labute approximate surface area is 83.4 Å². The first-order chi connectivity index (χ1) is 6.13. The zero-order chi connectivity index (χ0) is 9.47. The summed E-state index contributed by atoms with van der Waals surface area (Å²) >= 11 is 1.74. The summed E-state index contributed by atoms with van der Waals surface area (Å²) in [5, 5.41) is 10.5. The summed E-state index contributed by atoms with van der Waals surface area (Å²) in [5.41, 5.74) is -0.515. The minimum absolute atomic E-state index is 0.422. The van der Waals surface area contributed by atoms with Crippen LogP contribution in [0.4, 0.5) is 0 Å². The fourth-order valence-corrected chi connectivity index (χ4v) is 3.30. The molecule has 1 nitrogen and oxygen atoms in total. The molecule has 0 aliphatic heterocycles. The zero-order valence-corrected chi connectivity index (χ0v) is 9.03. The lowest BCUT2D eigenvalue weighted by atomic mass is 9.91. The van der Waals surface area contributed by atoms with E-state index in [1.54, 1.807) is 11.3 Å². The van der Waals surface area contributed by atoms with Crippen molar-refractivity contribution >= 4 is 11.3 Å². The molecule has 0 amide bonds. The third-order valence-corrected chi connectivity index (χ3v) is 4.34. The number of aliphatic hydroxyl groups is 1. The van der Waals surface area contributed by atoms with Gasteiger partial charge in [-0.15, -0.1) is 11.3 Å². The van der Waals surface area contributed by atoms with E-state index in [0.29, 0.717) is 5.92 Å². The molecule has 1 aromatic rings. The Hall–Kier alpha value is -0.340. The number of rotatable bonds is 1. The monoisotopic (exact) mass is 196 g/mol. The summed E-state index contributed by atoms with van der Waals surface area (Å²) in [6, 6.07) is 4.19. The van der Waals surface area contributed by atoms with Crippen molar-refractivity contribution in [3.8, 4) is 0 Å². The van der Waals surface area contributed by atoms with E-state index < -0.39 is 5.60 Å². The van der Waals surface area contributed by atoms with Gasteiger partial charge in [-0.3, -0.25) is 0 Å². The van der Waals surface area contributed by atoms with E-state index in [1.807, 2.05) is 0 Å². The van der Waals surface area contributed by atoms with Crippen LogP contribution in [0.15, 0.2) is 12.1 Å². The highest BCUT2D eigenvalue weighted by molar-refractivity contribution is 7.12. The van der Waals surface area contributed by atoms with E-state index in [9.17, 15) is 5.11 Å². The summed E-state index contributed by atoms with van der Waals surface area (Å²) in [6.07, 6.45) is 3.26. The third-order valence-electron chi connectivity index (χ3n) is 3.18. The highest BCUT2D eigenvalue weighted by Crippen LogP contribution is 2.45. The largest absolute Gasteiger partial charge is 0.384 e. The van der Waals surface area contributed by atoms with Crippen molar-refractivity contribution in [2.45, 2.75) is 38.7 Å². The lowest BCUT2D eigenvalue weighted by Gasteiger charge is -2.26. The topological polar surface area (TPSA) is 20.2 Å². The van der Waals surface area contributed by atoms with Crippen LogP contribution < -0.4 is 0 Å². The number of aryl methyl sites for hydroxylation is 1. The van der Waals surface area contributed by atoms with Crippen molar-refractivity contribution in [1.29, 1.82) is 0 Å². The number of hydrogen-bond acceptors (Lipinski definition) is 2. The molecule has 2 unspecified atom stereocenters. The molecule has 0 radical (unpaired) electrons. The van der Waals surface area contributed by atoms with Crippen LogP contribution >= 0.6 is 11.3 Å². The Balaban J connectivity index is 2.33. The molecule has 0 aromatic carbocycles. The second-order valence-corrected chi connectivity index (χ2v) is 5.42. The smallest absolute Gasteiger partial charge is 0.101 e. The molecule has 1 aromatic heterocycles. The fraction of sp³-hybridized carbons (Fsp3) is 0.636. The first-order valence-corrected chi connectivity index (χ1v) is 5.74. The number of thiophene rings is 1. The molecular formula is C11H16OS. The highest BCUT2D eigenvalue weighted by Gasteiger charge is 2.40. The summed E-state index contributed by atoms with van der Waals surface area (Å²) in [7, 11) is 0. The molecule has 2 atom stereocenters. The minimum Gasteiger partial charge on any atom is -0.384 e. The van der Waals surface area contributed by atoms with Gasteiger partial charge in [0.2, 0.25) is 0 Å². The highest BCUT2D eigenvalue weighted by atomic mass is 32.1. The van der Waals surface area contributed by atoms with E-state index in [-0.39, 0.29) is 0 Å². The zero-order valence-electron chi connectivity index (χ0n) is 8.21. The molecule has 1 heterocycles. The second-order valence-electron chi connectivity index (χ2n) is 4.13. The summed E-state index contributed by atoms with van der Waals surface area (Å²) < 4.78 is 0. The van der Waals surface area contributed by atoms with Crippen molar-refractivity contribution in [2.24, 2.45) is 5.92 Å². The molecule has 1 N–H and O–H groups in total. The minimum atomic E-state index is -0.515. The Morgan fingerprint density at radius 1 is 1.54 bits per heavy atom. The molecule has 2 heteroatoms. The SMILES string of the molecule is Cc1ccc(C2(O)CCCC2C)s1. The molecule has 1 saturated carbocycles. The lowest BCUT2D eigenvalue weighted by Crippen LogP contribution is -2.26. The molecule has 1 aliphatic carbocycles. The van der Waals surface area contributed by atoms with Gasteiger partial charge in [0, 0.05) is 9.75 Å². The predicted octanol–water partition coefficient (Wildman–Crippen LogP) is 3.06. The van der Waals surface area contributed by atoms with Crippen LogP contribution in [0.3, 0.4) is 0 Å². The fourth-order valence-electron chi connectivity index (χ4n) is 2.20. The van der Waals surface area contributed by atoms with Gasteiger partial charge in [0.15, 0.2) is 0 Å². The predicted molar refractivity (Wildman–Crippen MR) is 56.0 cm³/mol. The summed E-state index contributed by atoms with van der Waals surface area (Å²) in [4.78, 5) is 2.46. The van der Waals surface area contributed by atoms with Crippen LogP contribution in [0.25, 0.3) is 0 Å². The molecule has 0 bridgehead atoms.